The summed E-state index contributed by atoms with van der Waals surface area (Å²) in [5.74, 6) is -1.08. The van der Waals surface area contributed by atoms with Gasteiger partial charge in [-0.3, -0.25) is 9.69 Å². The minimum Gasteiger partial charge on any atom is -0.477 e. The summed E-state index contributed by atoms with van der Waals surface area (Å²) >= 11 is 3.11. The van der Waals surface area contributed by atoms with Crippen LogP contribution in [0.5, 0.6) is 0 Å². The predicted molar refractivity (Wildman–Crippen MR) is 65.5 cm³/mol. The molecule has 2 aliphatic rings. The van der Waals surface area contributed by atoms with Gasteiger partial charge >= 0.3 is 5.97 Å². The summed E-state index contributed by atoms with van der Waals surface area (Å²) in [4.78, 5) is 25.9. The van der Waals surface area contributed by atoms with Crippen LogP contribution in [0.1, 0.15) is 11.3 Å². The summed E-state index contributed by atoms with van der Waals surface area (Å²) < 4.78 is 0. The van der Waals surface area contributed by atoms with Gasteiger partial charge in [-0.1, -0.05) is 6.07 Å². The van der Waals surface area contributed by atoms with Crippen molar-refractivity contribution in [1.82, 2.24) is 4.90 Å². The highest BCUT2D eigenvalue weighted by Crippen LogP contribution is 2.47. The summed E-state index contributed by atoms with van der Waals surface area (Å²) in [6.07, 6.45) is 1.07. The molecule has 1 aromatic heterocycles. The largest absolute Gasteiger partial charge is 0.477 e. The molecule has 0 unspecified atom stereocenters. The summed E-state index contributed by atoms with van der Waals surface area (Å²) in [5.41, 5.74) is 0.185. The number of nitrogens with zero attached hydrogens (tertiary/aromatic N) is 1. The van der Waals surface area contributed by atoms with E-state index in [1.54, 1.807) is 11.3 Å². The highest BCUT2D eigenvalue weighted by Gasteiger charge is 2.48. The lowest BCUT2D eigenvalue weighted by Crippen LogP contribution is -2.48. The third kappa shape index (κ3) is 1.68. The molecule has 1 amide bonds. The van der Waals surface area contributed by atoms with Crippen molar-refractivity contribution in [2.45, 2.75) is 18.2 Å². The van der Waals surface area contributed by atoms with Crippen LogP contribution in [-0.4, -0.2) is 27.3 Å². The van der Waals surface area contributed by atoms with Gasteiger partial charge in [0.1, 0.15) is 5.70 Å². The lowest BCUT2D eigenvalue weighted by molar-refractivity contribution is -0.145. The Hall–Kier alpha value is -1.27. The number of thiophene rings is 1. The van der Waals surface area contributed by atoms with Crippen LogP contribution in [0.15, 0.2) is 28.1 Å². The van der Waals surface area contributed by atoms with Crippen LogP contribution in [0.3, 0.4) is 0 Å². The van der Waals surface area contributed by atoms with E-state index in [-0.39, 0.29) is 17.0 Å². The monoisotopic (exact) mass is 267 g/mol. The highest BCUT2D eigenvalue weighted by molar-refractivity contribution is 8.04. The summed E-state index contributed by atoms with van der Waals surface area (Å²) in [6.45, 7) is 0. The minimum absolute atomic E-state index is 0.0172. The van der Waals surface area contributed by atoms with Crippen LogP contribution in [0.4, 0.5) is 0 Å². The van der Waals surface area contributed by atoms with Gasteiger partial charge in [-0.15, -0.1) is 23.1 Å². The summed E-state index contributed by atoms with van der Waals surface area (Å²) in [6, 6.07) is 3.93. The molecule has 4 nitrogen and oxygen atoms in total. The van der Waals surface area contributed by atoms with Gasteiger partial charge in [0.2, 0.25) is 5.91 Å². The Morgan fingerprint density at radius 3 is 3.00 bits per heavy atom. The van der Waals surface area contributed by atoms with Crippen molar-refractivity contribution in [3.8, 4) is 0 Å². The number of aliphatic carboxylic acids is 1. The second-order valence-electron chi connectivity index (χ2n) is 3.87. The Labute approximate surface area is 106 Å². The first-order valence-corrected chi connectivity index (χ1v) is 6.90. The first kappa shape index (κ1) is 10.9. The van der Waals surface area contributed by atoms with Crippen molar-refractivity contribution in [3.63, 3.8) is 0 Å². The van der Waals surface area contributed by atoms with Crippen LogP contribution < -0.4 is 0 Å². The highest BCUT2D eigenvalue weighted by atomic mass is 32.2. The molecule has 0 radical (unpaired) electrons. The Balaban J connectivity index is 1.92. The lowest BCUT2D eigenvalue weighted by atomic mass is 10.1. The number of hydrogen-bond acceptors (Lipinski definition) is 4. The number of thioether (sulfide) groups is 1. The zero-order valence-corrected chi connectivity index (χ0v) is 10.4. The number of hydrogen-bond donors (Lipinski definition) is 1. The molecule has 17 heavy (non-hydrogen) atoms. The maximum atomic E-state index is 11.4. The number of carbonyl (C=O) groups excluding carboxylic acids is 1. The van der Waals surface area contributed by atoms with E-state index in [4.69, 9.17) is 0 Å². The van der Waals surface area contributed by atoms with E-state index in [9.17, 15) is 14.7 Å². The van der Waals surface area contributed by atoms with E-state index in [0.717, 1.165) is 9.78 Å². The molecule has 2 aliphatic heterocycles. The van der Waals surface area contributed by atoms with Gasteiger partial charge in [0, 0.05) is 16.2 Å². The molecule has 1 N–H and O–H groups in total. The molecule has 1 atom stereocenters. The molecule has 0 saturated carbocycles. The molecular formula is C11H9NO3S2. The zero-order chi connectivity index (χ0) is 12.0. The molecule has 6 heteroatoms. The Morgan fingerprint density at radius 1 is 1.59 bits per heavy atom. The molecule has 0 aromatic carbocycles. The van der Waals surface area contributed by atoms with Crippen LogP contribution >= 0.6 is 23.1 Å². The first-order chi connectivity index (χ1) is 8.16. The number of carboxylic acid groups (broad SMARTS) is 1. The Bertz CT molecular complexity index is 521. The van der Waals surface area contributed by atoms with Crippen molar-refractivity contribution in [2.24, 2.45) is 0 Å². The maximum absolute atomic E-state index is 11.4. The van der Waals surface area contributed by atoms with Gasteiger partial charge in [-0.2, -0.15) is 0 Å². The number of carbonyl (C=O) groups is 2. The molecule has 0 aliphatic carbocycles. The molecule has 0 bridgehead atoms. The standard InChI is InChI=1S/C11H9NO3S2/c13-8-5-9-12(8)10(11(14)15)7(17-9)4-6-2-1-3-16-6/h1-3,9H,4-5H2,(H,14,15)/t9-/m0/s1. The summed E-state index contributed by atoms with van der Waals surface area (Å²) in [5, 5.41) is 11.2. The van der Waals surface area contributed by atoms with Gasteiger partial charge in [-0.05, 0) is 11.4 Å². The van der Waals surface area contributed by atoms with Gasteiger partial charge in [0.05, 0.1) is 11.8 Å². The fraction of sp³-hybridized carbons (Fsp3) is 0.273. The average Bonchev–Trinajstić information content (AvgIpc) is 2.84. The van der Waals surface area contributed by atoms with E-state index in [2.05, 4.69) is 0 Å². The Morgan fingerprint density at radius 2 is 2.41 bits per heavy atom. The summed E-state index contributed by atoms with van der Waals surface area (Å²) in [7, 11) is 0. The Kier molecular flexibility index (Phi) is 2.48. The number of allylic oxidation sites excluding steroid dienone is 1. The second kappa shape index (κ2) is 3.89. The number of amides is 1. The zero-order valence-electron chi connectivity index (χ0n) is 8.75. The molecule has 3 rings (SSSR count). The SMILES string of the molecule is O=C(O)C1=C(Cc2cccs2)S[C@H]2CC(=O)N12. The minimum atomic E-state index is -1.00. The van der Waals surface area contributed by atoms with E-state index >= 15 is 0 Å². The third-order valence-electron chi connectivity index (χ3n) is 2.81. The molecule has 3 heterocycles. The normalized spacial score (nSPS) is 22.7. The van der Waals surface area contributed by atoms with Crippen LogP contribution in [0.2, 0.25) is 0 Å². The second-order valence-corrected chi connectivity index (χ2v) is 6.18. The van der Waals surface area contributed by atoms with Crippen molar-refractivity contribution in [1.29, 1.82) is 0 Å². The van der Waals surface area contributed by atoms with E-state index in [0.29, 0.717) is 12.8 Å². The number of fused-ring (bicyclic) bond motifs is 1. The molecule has 1 fully saturated rings. The first-order valence-electron chi connectivity index (χ1n) is 5.14. The van der Waals surface area contributed by atoms with Gasteiger partial charge in [0.15, 0.2) is 0 Å². The van der Waals surface area contributed by atoms with Crippen LogP contribution in [0.25, 0.3) is 0 Å². The fourth-order valence-corrected chi connectivity index (χ4v) is 4.25. The van der Waals surface area contributed by atoms with Gasteiger partial charge in [0.25, 0.3) is 0 Å². The molecule has 0 spiro atoms. The lowest BCUT2D eigenvalue weighted by Gasteiger charge is -2.33. The van der Waals surface area contributed by atoms with Crippen molar-refractivity contribution in [3.05, 3.63) is 33.0 Å². The van der Waals surface area contributed by atoms with Crippen LogP contribution in [-0.2, 0) is 16.0 Å². The van der Waals surface area contributed by atoms with Gasteiger partial charge in [-0.25, -0.2) is 4.79 Å². The topological polar surface area (TPSA) is 57.6 Å². The maximum Gasteiger partial charge on any atom is 0.353 e. The molecule has 1 saturated heterocycles. The van der Waals surface area contributed by atoms with E-state index < -0.39 is 5.97 Å². The van der Waals surface area contributed by atoms with Gasteiger partial charge < -0.3 is 5.11 Å². The smallest absolute Gasteiger partial charge is 0.353 e. The van der Waals surface area contributed by atoms with E-state index in [1.165, 1.54) is 16.7 Å². The quantitative estimate of drug-likeness (QED) is 0.850. The number of rotatable bonds is 3. The van der Waals surface area contributed by atoms with Crippen molar-refractivity contribution >= 4 is 35.0 Å². The average molecular weight is 267 g/mol. The molecular weight excluding hydrogens is 258 g/mol. The molecule has 88 valence electrons. The number of β-lactam (4-membered cyclic amide) rings is 1. The third-order valence-corrected chi connectivity index (χ3v) is 4.95. The van der Waals surface area contributed by atoms with E-state index in [1.807, 2.05) is 17.5 Å². The predicted octanol–water partition coefficient (Wildman–Crippen LogP) is 1.89. The van der Waals surface area contributed by atoms with Crippen LogP contribution in [0, 0.1) is 0 Å². The van der Waals surface area contributed by atoms with Crippen molar-refractivity contribution < 1.29 is 14.7 Å². The molecule has 1 aromatic rings. The fourth-order valence-electron chi connectivity index (χ4n) is 2.02. The van der Waals surface area contributed by atoms with Crippen molar-refractivity contribution in [2.75, 3.05) is 0 Å². The number of carboxylic acids is 1.